The molecule has 2 aromatic rings. The van der Waals surface area contributed by atoms with Crippen LogP contribution in [0, 0.1) is 5.82 Å². The summed E-state index contributed by atoms with van der Waals surface area (Å²) < 4.78 is 16.1. The van der Waals surface area contributed by atoms with Crippen molar-refractivity contribution in [3.8, 4) is 0 Å². The summed E-state index contributed by atoms with van der Waals surface area (Å²) in [5.41, 5.74) is 0.761. The van der Waals surface area contributed by atoms with Gasteiger partial charge in [0.15, 0.2) is 5.78 Å². The highest BCUT2D eigenvalue weighted by atomic mass is 79.9. The van der Waals surface area contributed by atoms with Crippen LogP contribution in [0.1, 0.15) is 48.8 Å². The first kappa shape index (κ1) is 15.9. The van der Waals surface area contributed by atoms with Gasteiger partial charge in [0.1, 0.15) is 5.82 Å². The lowest BCUT2D eigenvalue weighted by Gasteiger charge is -2.12. The Morgan fingerprint density at radius 1 is 1.33 bits per heavy atom. The fourth-order valence-corrected chi connectivity index (χ4v) is 2.92. The monoisotopic (exact) mass is 352 g/mol. The second-order valence-corrected chi connectivity index (χ2v) is 5.81. The summed E-state index contributed by atoms with van der Waals surface area (Å²) in [6, 6.07) is 6.69. The summed E-state index contributed by atoms with van der Waals surface area (Å²) in [5, 5.41) is 4.44. The van der Waals surface area contributed by atoms with Gasteiger partial charge in [-0.15, -0.1) is 0 Å². The van der Waals surface area contributed by atoms with E-state index in [-0.39, 0.29) is 17.8 Å². The highest BCUT2D eigenvalue weighted by molar-refractivity contribution is 9.10. The fourth-order valence-electron chi connectivity index (χ4n) is 2.35. The highest BCUT2D eigenvalue weighted by Gasteiger charge is 2.17. The Morgan fingerprint density at radius 2 is 2.05 bits per heavy atom. The molecule has 0 radical (unpaired) electrons. The molecule has 2 rings (SSSR count). The number of rotatable bonds is 6. The molecular formula is C16H18BrFN2O. The van der Waals surface area contributed by atoms with Crippen LogP contribution < -0.4 is 0 Å². The summed E-state index contributed by atoms with van der Waals surface area (Å²) in [6.45, 7) is 4.22. The molecule has 0 spiro atoms. The lowest BCUT2D eigenvalue weighted by atomic mass is 10.1. The van der Waals surface area contributed by atoms with Crippen LogP contribution in [-0.2, 0) is 6.42 Å². The predicted octanol–water partition coefficient (Wildman–Crippen LogP) is 4.57. The van der Waals surface area contributed by atoms with Gasteiger partial charge >= 0.3 is 0 Å². The summed E-state index contributed by atoms with van der Waals surface area (Å²) in [5.74, 6) is -0.774. The van der Waals surface area contributed by atoms with E-state index in [0.717, 1.165) is 12.8 Å². The molecule has 1 heterocycles. The molecule has 0 N–H and O–H groups in total. The Morgan fingerprint density at radius 3 is 2.67 bits per heavy atom. The van der Waals surface area contributed by atoms with Crippen molar-refractivity contribution in [2.24, 2.45) is 0 Å². The number of Topliss-reactive ketones (excluding diaryl/α,β-unsaturated/α-hetero) is 1. The topological polar surface area (TPSA) is 34.9 Å². The molecule has 0 aliphatic rings. The number of aromatic nitrogens is 2. The van der Waals surface area contributed by atoms with E-state index in [2.05, 4.69) is 34.9 Å². The molecule has 21 heavy (non-hydrogen) atoms. The van der Waals surface area contributed by atoms with Crippen molar-refractivity contribution in [2.75, 3.05) is 0 Å². The third kappa shape index (κ3) is 3.59. The summed E-state index contributed by atoms with van der Waals surface area (Å²) >= 11 is 3.23. The molecule has 0 atom stereocenters. The van der Waals surface area contributed by atoms with Crippen molar-refractivity contribution >= 4 is 21.7 Å². The number of halogens is 2. The van der Waals surface area contributed by atoms with Gasteiger partial charge in [-0.05, 0) is 47.0 Å². The number of hydrogen-bond donors (Lipinski definition) is 0. The standard InChI is InChI=1S/C16H18BrFN2O/c1-3-12(4-2)20-9-8-11(19-20)10-15(21)16-13(17)6-5-7-14(16)18/h5-9,12H,3-4,10H2,1-2H3. The lowest BCUT2D eigenvalue weighted by molar-refractivity contribution is 0.0987. The van der Waals surface area contributed by atoms with Crippen LogP contribution in [0.15, 0.2) is 34.9 Å². The van der Waals surface area contributed by atoms with Crippen LogP contribution in [0.5, 0.6) is 0 Å². The average Bonchev–Trinajstić information content (AvgIpc) is 2.88. The number of hydrogen-bond acceptors (Lipinski definition) is 2. The Balaban J connectivity index is 2.17. The number of nitrogens with zero attached hydrogens (tertiary/aromatic N) is 2. The minimum atomic E-state index is -0.506. The van der Waals surface area contributed by atoms with Crippen molar-refractivity contribution in [3.05, 3.63) is 52.0 Å². The predicted molar refractivity (Wildman–Crippen MR) is 84.0 cm³/mol. The van der Waals surface area contributed by atoms with Crippen LogP contribution >= 0.6 is 15.9 Å². The lowest BCUT2D eigenvalue weighted by Crippen LogP contribution is -2.10. The number of carbonyl (C=O) groups is 1. The van der Waals surface area contributed by atoms with Gasteiger partial charge in [0.2, 0.25) is 0 Å². The Bertz CT molecular complexity index is 615. The molecule has 1 aromatic carbocycles. The van der Waals surface area contributed by atoms with E-state index in [4.69, 9.17) is 0 Å². The SMILES string of the molecule is CCC(CC)n1ccc(CC(=O)c2c(F)cccc2Br)n1. The smallest absolute Gasteiger partial charge is 0.172 e. The van der Waals surface area contributed by atoms with Crippen LogP contribution in [-0.4, -0.2) is 15.6 Å². The summed E-state index contributed by atoms with van der Waals surface area (Å²) in [7, 11) is 0. The zero-order chi connectivity index (χ0) is 15.4. The van der Waals surface area contributed by atoms with Crippen molar-refractivity contribution in [3.63, 3.8) is 0 Å². The zero-order valence-corrected chi connectivity index (χ0v) is 13.7. The molecule has 5 heteroatoms. The third-order valence-electron chi connectivity index (χ3n) is 3.56. The van der Waals surface area contributed by atoms with E-state index in [1.54, 1.807) is 12.1 Å². The second-order valence-electron chi connectivity index (χ2n) is 4.95. The molecular weight excluding hydrogens is 335 g/mol. The molecule has 112 valence electrons. The van der Waals surface area contributed by atoms with Gasteiger partial charge < -0.3 is 0 Å². The minimum absolute atomic E-state index is 0.0922. The minimum Gasteiger partial charge on any atom is -0.294 e. The van der Waals surface area contributed by atoms with Crippen molar-refractivity contribution in [1.82, 2.24) is 9.78 Å². The maximum atomic E-state index is 13.8. The molecule has 0 aliphatic carbocycles. The first-order valence-corrected chi connectivity index (χ1v) is 7.87. The number of carbonyl (C=O) groups excluding carboxylic acids is 1. The quantitative estimate of drug-likeness (QED) is 0.713. The van der Waals surface area contributed by atoms with Crippen LogP contribution in [0.3, 0.4) is 0 Å². The maximum absolute atomic E-state index is 13.8. The Kier molecular flexibility index (Phi) is 5.28. The molecule has 0 saturated heterocycles. The highest BCUT2D eigenvalue weighted by Crippen LogP contribution is 2.22. The van der Waals surface area contributed by atoms with Gasteiger partial charge in [-0.2, -0.15) is 5.10 Å². The second kappa shape index (κ2) is 6.98. The summed E-state index contributed by atoms with van der Waals surface area (Å²) in [4.78, 5) is 12.3. The van der Waals surface area contributed by atoms with E-state index in [0.29, 0.717) is 16.2 Å². The molecule has 0 fully saturated rings. The van der Waals surface area contributed by atoms with E-state index in [9.17, 15) is 9.18 Å². The van der Waals surface area contributed by atoms with Crippen LogP contribution in [0.2, 0.25) is 0 Å². The van der Waals surface area contributed by atoms with Crippen molar-refractivity contribution in [1.29, 1.82) is 0 Å². The van der Waals surface area contributed by atoms with Gasteiger partial charge in [-0.25, -0.2) is 4.39 Å². The number of ketones is 1. The van der Waals surface area contributed by atoms with E-state index in [1.165, 1.54) is 6.07 Å². The van der Waals surface area contributed by atoms with Crippen molar-refractivity contribution in [2.45, 2.75) is 39.2 Å². The van der Waals surface area contributed by atoms with Gasteiger partial charge in [0, 0.05) is 10.7 Å². The summed E-state index contributed by atoms with van der Waals surface area (Å²) in [6.07, 6.45) is 3.97. The molecule has 1 aromatic heterocycles. The molecule has 0 unspecified atom stereocenters. The van der Waals surface area contributed by atoms with Gasteiger partial charge in [-0.3, -0.25) is 9.48 Å². The van der Waals surface area contributed by atoms with Crippen molar-refractivity contribution < 1.29 is 9.18 Å². The molecule has 0 amide bonds. The number of benzene rings is 1. The van der Waals surface area contributed by atoms with Gasteiger partial charge in [0.25, 0.3) is 0 Å². The molecule has 0 saturated carbocycles. The Hall–Kier alpha value is -1.49. The normalized spacial score (nSPS) is 11.1. The fraction of sp³-hybridized carbons (Fsp3) is 0.375. The Labute approximate surface area is 132 Å². The largest absolute Gasteiger partial charge is 0.294 e. The average molecular weight is 353 g/mol. The third-order valence-corrected chi connectivity index (χ3v) is 4.22. The first-order valence-electron chi connectivity index (χ1n) is 7.08. The van der Waals surface area contributed by atoms with E-state index >= 15 is 0 Å². The first-order chi connectivity index (χ1) is 10.1. The maximum Gasteiger partial charge on any atom is 0.172 e. The zero-order valence-electron chi connectivity index (χ0n) is 12.1. The van der Waals surface area contributed by atoms with Crippen LogP contribution in [0.4, 0.5) is 4.39 Å². The van der Waals surface area contributed by atoms with Crippen LogP contribution in [0.25, 0.3) is 0 Å². The van der Waals surface area contributed by atoms with E-state index in [1.807, 2.05) is 16.9 Å². The molecule has 0 bridgehead atoms. The van der Waals surface area contributed by atoms with Gasteiger partial charge in [0.05, 0.1) is 23.7 Å². The molecule has 0 aliphatic heterocycles. The van der Waals surface area contributed by atoms with E-state index < -0.39 is 5.82 Å². The van der Waals surface area contributed by atoms with Gasteiger partial charge in [-0.1, -0.05) is 19.9 Å². The molecule has 3 nitrogen and oxygen atoms in total.